The molecule has 1 amide bonds. The third-order valence-corrected chi connectivity index (χ3v) is 5.28. The fourth-order valence-electron chi connectivity index (χ4n) is 3.96. The van der Waals surface area contributed by atoms with Gasteiger partial charge in [0.05, 0.1) is 32.3 Å². The molecule has 0 saturated heterocycles. The summed E-state index contributed by atoms with van der Waals surface area (Å²) in [5, 5.41) is 19.0. The number of nitriles is 1. The Labute approximate surface area is 193 Å². The van der Waals surface area contributed by atoms with Crippen molar-refractivity contribution < 1.29 is 28.9 Å². The summed E-state index contributed by atoms with van der Waals surface area (Å²) in [4.78, 5) is 26.7. The van der Waals surface area contributed by atoms with E-state index in [1.165, 1.54) is 14.2 Å². The number of rotatable bonds is 6. The molecule has 2 atom stereocenters. The lowest BCUT2D eigenvalue weighted by Gasteiger charge is -2.31. The van der Waals surface area contributed by atoms with E-state index in [9.17, 15) is 20.0 Å². The number of amides is 1. The number of hydrogen-bond acceptors (Lipinski definition) is 6. The van der Waals surface area contributed by atoms with E-state index in [2.05, 4.69) is 6.07 Å². The number of carbonyl (C=O) groups excluding carboxylic acids is 1. The van der Waals surface area contributed by atoms with Gasteiger partial charge in [-0.05, 0) is 29.7 Å². The fraction of sp³-hybridized carbons (Fsp3) is 0.400. The van der Waals surface area contributed by atoms with E-state index in [-0.39, 0.29) is 5.41 Å². The largest absolute Gasteiger partial charge is 0.493 e. The molecule has 3 rings (SSSR count). The van der Waals surface area contributed by atoms with E-state index in [1.54, 1.807) is 41.3 Å². The van der Waals surface area contributed by atoms with Gasteiger partial charge in [0.15, 0.2) is 11.5 Å². The summed E-state index contributed by atoms with van der Waals surface area (Å²) in [5.74, 6) is -0.718. The number of carbonyl (C=O) groups is 2. The van der Waals surface area contributed by atoms with E-state index in [4.69, 9.17) is 14.2 Å². The second-order valence-corrected chi connectivity index (χ2v) is 9.06. The minimum atomic E-state index is -1.23. The Balaban J connectivity index is 2.30. The highest BCUT2D eigenvalue weighted by Gasteiger charge is 2.40. The number of para-hydroxylation sites is 1. The molecular formula is C25H28N2O6. The monoisotopic (exact) mass is 452 g/mol. The fourth-order valence-corrected chi connectivity index (χ4v) is 3.96. The smallest absolute Gasteiger partial charge is 0.306 e. The maximum Gasteiger partial charge on any atom is 0.306 e. The van der Waals surface area contributed by atoms with Crippen LogP contribution in [0, 0.1) is 16.7 Å². The summed E-state index contributed by atoms with van der Waals surface area (Å²) in [5.41, 5.74) is 1.82. The number of hydrogen-bond donors (Lipinski definition) is 1. The second-order valence-electron chi connectivity index (χ2n) is 9.06. The highest BCUT2D eigenvalue weighted by atomic mass is 16.5. The van der Waals surface area contributed by atoms with Crippen molar-refractivity contribution in [1.29, 1.82) is 5.26 Å². The van der Waals surface area contributed by atoms with Gasteiger partial charge >= 0.3 is 5.97 Å². The van der Waals surface area contributed by atoms with Crippen molar-refractivity contribution in [2.24, 2.45) is 5.41 Å². The van der Waals surface area contributed by atoms with Crippen LogP contribution in [0.2, 0.25) is 0 Å². The number of carboxylic acids is 1. The summed E-state index contributed by atoms with van der Waals surface area (Å²) in [7, 11) is 3.01. The minimum Gasteiger partial charge on any atom is -0.493 e. The number of methoxy groups -OCH3 is 2. The van der Waals surface area contributed by atoms with Crippen LogP contribution in [0.3, 0.4) is 0 Å². The normalized spacial score (nSPS) is 18.2. The van der Waals surface area contributed by atoms with Crippen LogP contribution in [0.1, 0.15) is 50.0 Å². The molecule has 0 aromatic heterocycles. The Kier molecular flexibility index (Phi) is 6.94. The number of carboxylic acid groups (broad SMARTS) is 1. The number of aliphatic carboxylic acids is 1. The van der Waals surface area contributed by atoms with Crippen LogP contribution in [0.4, 0.5) is 5.69 Å². The van der Waals surface area contributed by atoms with Crippen molar-refractivity contribution in [2.45, 2.75) is 39.4 Å². The van der Waals surface area contributed by atoms with Crippen LogP contribution in [-0.4, -0.2) is 43.9 Å². The molecule has 1 aliphatic heterocycles. The van der Waals surface area contributed by atoms with E-state index in [1.807, 2.05) is 20.8 Å². The molecule has 1 heterocycles. The van der Waals surface area contributed by atoms with Crippen LogP contribution in [-0.2, 0) is 14.3 Å². The van der Waals surface area contributed by atoms with Crippen LogP contribution in [0.25, 0.3) is 0 Å². The molecule has 8 nitrogen and oxygen atoms in total. The Morgan fingerprint density at radius 3 is 2.48 bits per heavy atom. The molecule has 0 saturated carbocycles. The van der Waals surface area contributed by atoms with Gasteiger partial charge in [-0.15, -0.1) is 0 Å². The molecule has 0 radical (unpaired) electrons. The summed E-state index contributed by atoms with van der Waals surface area (Å²) < 4.78 is 17.2. The number of ether oxygens (including phenoxy) is 3. The molecule has 174 valence electrons. The van der Waals surface area contributed by atoms with Gasteiger partial charge in [0.25, 0.3) is 5.91 Å². The van der Waals surface area contributed by atoms with Crippen molar-refractivity contribution in [3.63, 3.8) is 0 Å². The SMILES string of the molecule is COc1cccc([C@H]2O[C@H](CC(=O)O)C(=O)N(CC(C)(C)C)c3ccc(C#N)cc32)c1OC. The molecule has 2 aromatic rings. The summed E-state index contributed by atoms with van der Waals surface area (Å²) >= 11 is 0. The molecule has 0 aliphatic carbocycles. The van der Waals surface area contributed by atoms with Gasteiger partial charge in [-0.25, -0.2) is 0 Å². The topological polar surface area (TPSA) is 109 Å². The molecule has 2 aromatic carbocycles. The van der Waals surface area contributed by atoms with Crippen LogP contribution < -0.4 is 14.4 Å². The molecule has 1 N–H and O–H groups in total. The zero-order chi connectivity index (χ0) is 24.3. The maximum absolute atomic E-state index is 13.5. The quantitative estimate of drug-likeness (QED) is 0.707. The van der Waals surface area contributed by atoms with E-state index in [0.29, 0.717) is 40.4 Å². The average Bonchev–Trinajstić information content (AvgIpc) is 2.87. The second kappa shape index (κ2) is 9.51. The number of nitrogens with zero attached hydrogens (tertiary/aromatic N) is 2. The Hall–Kier alpha value is -3.57. The molecule has 1 aliphatic rings. The molecule has 0 bridgehead atoms. The van der Waals surface area contributed by atoms with Crippen molar-refractivity contribution in [2.75, 3.05) is 25.7 Å². The third kappa shape index (κ3) is 5.10. The first-order chi connectivity index (χ1) is 15.6. The van der Waals surface area contributed by atoms with Gasteiger partial charge in [0.2, 0.25) is 0 Å². The average molecular weight is 453 g/mol. The van der Waals surface area contributed by atoms with E-state index >= 15 is 0 Å². The zero-order valence-corrected chi connectivity index (χ0v) is 19.4. The van der Waals surface area contributed by atoms with Crippen LogP contribution in [0.15, 0.2) is 36.4 Å². The molecule has 8 heteroatoms. The molecule has 0 unspecified atom stereocenters. The third-order valence-electron chi connectivity index (χ3n) is 5.28. The highest BCUT2D eigenvalue weighted by Crippen LogP contribution is 2.45. The van der Waals surface area contributed by atoms with E-state index < -0.39 is 30.5 Å². The standard InChI is InChI=1S/C25H28N2O6/c1-25(2,3)14-27-18-10-9-15(13-26)11-17(18)22(33-20(24(27)30)12-21(28)29)16-7-6-8-19(31-4)23(16)32-5/h6-11,20,22H,12,14H2,1-5H3,(H,28,29)/t20-,22-/m1/s1. The summed E-state index contributed by atoms with van der Waals surface area (Å²) in [6.45, 7) is 6.31. The van der Waals surface area contributed by atoms with Gasteiger partial charge in [-0.3, -0.25) is 9.59 Å². The number of benzene rings is 2. The summed E-state index contributed by atoms with van der Waals surface area (Å²) in [6.07, 6.45) is -2.60. The molecular weight excluding hydrogens is 424 g/mol. The van der Waals surface area contributed by atoms with Crippen LogP contribution >= 0.6 is 0 Å². The van der Waals surface area contributed by atoms with E-state index in [0.717, 1.165) is 0 Å². The lowest BCUT2D eigenvalue weighted by molar-refractivity contribution is -0.147. The maximum atomic E-state index is 13.5. The Bertz CT molecular complexity index is 1100. The zero-order valence-electron chi connectivity index (χ0n) is 19.4. The summed E-state index contributed by atoms with van der Waals surface area (Å²) in [6, 6.07) is 12.4. The molecule has 0 spiro atoms. The van der Waals surface area contributed by atoms with Gasteiger partial charge < -0.3 is 24.2 Å². The van der Waals surface area contributed by atoms with Crippen molar-refractivity contribution in [3.05, 3.63) is 53.1 Å². The number of fused-ring (bicyclic) bond motifs is 1. The van der Waals surface area contributed by atoms with Gasteiger partial charge in [-0.2, -0.15) is 5.26 Å². The van der Waals surface area contributed by atoms with Gasteiger partial charge in [0, 0.05) is 23.4 Å². The van der Waals surface area contributed by atoms with Gasteiger partial charge in [-0.1, -0.05) is 32.9 Å². The molecule has 33 heavy (non-hydrogen) atoms. The Morgan fingerprint density at radius 2 is 1.91 bits per heavy atom. The van der Waals surface area contributed by atoms with Crippen molar-refractivity contribution in [3.8, 4) is 17.6 Å². The lowest BCUT2D eigenvalue weighted by Crippen LogP contribution is -2.44. The first kappa shape index (κ1) is 24.1. The minimum absolute atomic E-state index is 0.276. The van der Waals surface area contributed by atoms with Gasteiger partial charge in [0.1, 0.15) is 12.2 Å². The predicted octanol–water partition coefficient (Wildman–Crippen LogP) is 3.92. The molecule has 0 fully saturated rings. The van der Waals surface area contributed by atoms with Crippen molar-refractivity contribution in [1.82, 2.24) is 0 Å². The highest BCUT2D eigenvalue weighted by molar-refractivity contribution is 6.00. The van der Waals surface area contributed by atoms with Crippen molar-refractivity contribution >= 4 is 17.6 Å². The Morgan fingerprint density at radius 1 is 1.18 bits per heavy atom. The number of anilines is 1. The lowest BCUT2D eigenvalue weighted by atomic mass is 9.93. The first-order valence-corrected chi connectivity index (χ1v) is 10.5. The predicted molar refractivity (Wildman–Crippen MR) is 121 cm³/mol. The first-order valence-electron chi connectivity index (χ1n) is 10.5. The van der Waals surface area contributed by atoms with Crippen LogP contribution in [0.5, 0.6) is 11.5 Å².